The molecule has 0 fully saturated rings. The number of rotatable bonds is 4. The molecule has 0 radical (unpaired) electrons. The predicted octanol–water partition coefficient (Wildman–Crippen LogP) is 3.35. The Kier molecular flexibility index (Phi) is 3.89. The molecule has 0 heterocycles. The molecule has 0 spiro atoms. The number of nitrogens with one attached hydrogen (secondary N) is 1. The smallest absolute Gasteiger partial charge is 0.167 e. The van der Waals surface area contributed by atoms with Crippen molar-refractivity contribution in [1.29, 1.82) is 0 Å². The number of carbonyl (C=O) groups is 1. The van der Waals surface area contributed by atoms with Crippen LogP contribution in [0.25, 0.3) is 0 Å². The second-order valence-corrected chi connectivity index (χ2v) is 4.36. The van der Waals surface area contributed by atoms with Gasteiger partial charge >= 0.3 is 0 Å². The lowest BCUT2D eigenvalue weighted by molar-refractivity contribution is 0.0940. The summed E-state index contributed by atoms with van der Waals surface area (Å²) in [4.78, 5) is 11.9. The van der Waals surface area contributed by atoms with E-state index in [0.29, 0.717) is 6.04 Å². The minimum atomic E-state index is 0.0418. The van der Waals surface area contributed by atoms with Crippen LogP contribution in [0.2, 0.25) is 0 Å². The molecular weight excluding hydrogens is 186 g/mol. The van der Waals surface area contributed by atoms with Gasteiger partial charge in [-0.15, -0.1) is 0 Å². The van der Waals surface area contributed by atoms with Gasteiger partial charge in [0.2, 0.25) is 0 Å². The molecule has 82 valence electrons. The molecule has 0 amide bonds. The second kappa shape index (κ2) is 4.96. The SMILES string of the molecule is CC(C)Nc1ccccc1C(=O)C(C)C. The van der Waals surface area contributed by atoms with E-state index in [2.05, 4.69) is 19.2 Å². The predicted molar refractivity (Wildman–Crippen MR) is 64.4 cm³/mol. The highest BCUT2D eigenvalue weighted by molar-refractivity contribution is 6.02. The molecule has 0 aliphatic heterocycles. The van der Waals surface area contributed by atoms with E-state index in [4.69, 9.17) is 0 Å². The third-order valence-corrected chi connectivity index (χ3v) is 2.16. The van der Waals surface area contributed by atoms with E-state index in [1.807, 2.05) is 38.1 Å². The molecular formula is C13H19NO. The zero-order chi connectivity index (χ0) is 11.4. The number of benzene rings is 1. The summed E-state index contributed by atoms with van der Waals surface area (Å²) in [5.41, 5.74) is 1.73. The lowest BCUT2D eigenvalue weighted by atomic mass is 9.99. The van der Waals surface area contributed by atoms with Crippen LogP contribution in [-0.4, -0.2) is 11.8 Å². The van der Waals surface area contributed by atoms with Gasteiger partial charge in [-0.05, 0) is 26.0 Å². The van der Waals surface area contributed by atoms with E-state index < -0.39 is 0 Å². The summed E-state index contributed by atoms with van der Waals surface area (Å²) in [5, 5.41) is 3.29. The molecule has 0 saturated carbocycles. The van der Waals surface area contributed by atoms with Crippen molar-refractivity contribution < 1.29 is 4.79 Å². The standard InChI is InChI=1S/C13H19NO/c1-9(2)13(15)11-7-5-6-8-12(11)14-10(3)4/h5-10,14H,1-4H3. The summed E-state index contributed by atoms with van der Waals surface area (Å²) < 4.78 is 0. The first-order valence-electron chi connectivity index (χ1n) is 5.42. The van der Waals surface area contributed by atoms with Gasteiger partial charge in [0.25, 0.3) is 0 Å². The van der Waals surface area contributed by atoms with Gasteiger partial charge in [-0.2, -0.15) is 0 Å². The third kappa shape index (κ3) is 3.08. The molecule has 2 nitrogen and oxygen atoms in total. The molecule has 0 atom stereocenters. The van der Waals surface area contributed by atoms with Gasteiger partial charge < -0.3 is 5.32 Å². The van der Waals surface area contributed by atoms with E-state index in [-0.39, 0.29) is 11.7 Å². The molecule has 0 bridgehead atoms. The highest BCUT2D eigenvalue weighted by Gasteiger charge is 2.14. The summed E-state index contributed by atoms with van der Waals surface area (Å²) in [7, 11) is 0. The number of hydrogen-bond donors (Lipinski definition) is 1. The van der Waals surface area contributed by atoms with E-state index >= 15 is 0 Å². The monoisotopic (exact) mass is 205 g/mol. The van der Waals surface area contributed by atoms with Crippen LogP contribution in [0, 0.1) is 5.92 Å². The van der Waals surface area contributed by atoms with E-state index in [0.717, 1.165) is 11.3 Å². The van der Waals surface area contributed by atoms with Gasteiger partial charge in [0.15, 0.2) is 5.78 Å². The van der Waals surface area contributed by atoms with E-state index in [9.17, 15) is 4.79 Å². The summed E-state index contributed by atoms with van der Waals surface area (Å²) in [6.07, 6.45) is 0. The van der Waals surface area contributed by atoms with Crippen LogP contribution in [0.5, 0.6) is 0 Å². The summed E-state index contributed by atoms with van der Waals surface area (Å²) in [6.45, 7) is 7.98. The Morgan fingerprint density at radius 2 is 1.73 bits per heavy atom. The van der Waals surface area contributed by atoms with Gasteiger partial charge in [-0.1, -0.05) is 26.0 Å². The zero-order valence-electron chi connectivity index (χ0n) is 9.87. The molecule has 1 rings (SSSR count). The summed E-state index contributed by atoms with van der Waals surface area (Å²) in [5.74, 6) is 0.235. The molecule has 2 heteroatoms. The number of para-hydroxylation sites is 1. The lowest BCUT2D eigenvalue weighted by Crippen LogP contribution is -2.15. The Hall–Kier alpha value is -1.31. The second-order valence-electron chi connectivity index (χ2n) is 4.36. The summed E-state index contributed by atoms with van der Waals surface area (Å²) >= 11 is 0. The highest BCUT2D eigenvalue weighted by Crippen LogP contribution is 2.19. The van der Waals surface area contributed by atoms with Crippen LogP contribution < -0.4 is 5.32 Å². The third-order valence-electron chi connectivity index (χ3n) is 2.16. The number of ketones is 1. The van der Waals surface area contributed by atoms with Crippen molar-refractivity contribution in [3.63, 3.8) is 0 Å². The zero-order valence-corrected chi connectivity index (χ0v) is 9.87. The molecule has 15 heavy (non-hydrogen) atoms. The van der Waals surface area contributed by atoms with Crippen LogP contribution in [0.3, 0.4) is 0 Å². The van der Waals surface area contributed by atoms with Crippen LogP contribution in [0.15, 0.2) is 24.3 Å². The molecule has 1 aromatic rings. The van der Waals surface area contributed by atoms with Gasteiger partial charge in [0.05, 0.1) is 0 Å². The van der Waals surface area contributed by atoms with Crippen LogP contribution in [0.4, 0.5) is 5.69 Å². The lowest BCUT2D eigenvalue weighted by Gasteiger charge is -2.15. The molecule has 0 aromatic heterocycles. The van der Waals surface area contributed by atoms with Gasteiger partial charge in [-0.3, -0.25) is 4.79 Å². The van der Waals surface area contributed by atoms with Crippen molar-refractivity contribution in [2.75, 3.05) is 5.32 Å². The first-order chi connectivity index (χ1) is 7.02. The Bertz CT molecular complexity index is 342. The molecule has 1 N–H and O–H groups in total. The maximum absolute atomic E-state index is 11.9. The molecule has 0 unspecified atom stereocenters. The van der Waals surface area contributed by atoms with Gasteiger partial charge in [-0.25, -0.2) is 0 Å². The first kappa shape index (κ1) is 11.8. The molecule has 0 aliphatic carbocycles. The van der Waals surface area contributed by atoms with Gasteiger partial charge in [0, 0.05) is 23.2 Å². The van der Waals surface area contributed by atoms with Crippen molar-refractivity contribution in [2.24, 2.45) is 5.92 Å². The Morgan fingerprint density at radius 1 is 1.13 bits per heavy atom. The Balaban J connectivity index is 3.01. The number of carbonyl (C=O) groups excluding carboxylic acids is 1. The number of Topliss-reactive ketones (excluding diaryl/α,β-unsaturated/α-hetero) is 1. The maximum atomic E-state index is 11.9. The number of hydrogen-bond acceptors (Lipinski definition) is 2. The fraction of sp³-hybridized carbons (Fsp3) is 0.462. The van der Waals surface area contributed by atoms with Crippen molar-refractivity contribution in [3.8, 4) is 0 Å². The van der Waals surface area contributed by atoms with Crippen LogP contribution in [-0.2, 0) is 0 Å². The minimum absolute atomic E-state index is 0.0418. The fourth-order valence-corrected chi connectivity index (χ4v) is 1.45. The summed E-state index contributed by atoms with van der Waals surface area (Å²) in [6, 6.07) is 8.03. The van der Waals surface area contributed by atoms with Gasteiger partial charge in [0.1, 0.15) is 0 Å². The first-order valence-corrected chi connectivity index (χ1v) is 5.42. The minimum Gasteiger partial charge on any atom is -0.382 e. The number of anilines is 1. The maximum Gasteiger partial charge on any atom is 0.167 e. The van der Waals surface area contributed by atoms with Crippen LogP contribution >= 0.6 is 0 Å². The Labute approximate surface area is 91.7 Å². The highest BCUT2D eigenvalue weighted by atomic mass is 16.1. The van der Waals surface area contributed by atoms with E-state index in [1.54, 1.807) is 0 Å². The average molecular weight is 205 g/mol. The Morgan fingerprint density at radius 3 is 2.27 bits per heavy atom. The topological polar surface area (TPSA) is 29.1 Å². The largest absolute Gasteiger partial charge is 0.382 e. The van der Waals surface area contributed by atoms with Crippen molar-refractivity contribution in [1.82, 2.24) is 0 Å². The molecule has 0 aliphatic rings. The molecule has 0 saturated heterocycles. The van der Waals surface area contributed by atoms with E-state index in [1.165, 1.54) is 0 Å². The fourth-order valence-electron chi connectivity index (χ4n) is 1.45. The molecule has 1 aromatic carbocycles. The quantitative estimate of drug-likeness (QED) is 0.764. The normalized spacial score (nSPS) is 10.8. The van der Waals surface area contributed by atoms with Crippen molar-refractivity contribution >= 4 is 11.5 Å². The van der Waals surface area contributed by atoms with Crippen LogP contribution in [0.1, 0.15) is 38.1 Å². The average Bonchev–Trinajstić information content (AvgIpc) is 2.16. The van der Waals surface area contributed by atoms with Crippen molar-refractivity contribution in [3.05, 3.63) is 29.8 Å². The van der Waals surface area contributed by atoms with Crippen molar-refractivity contribution in [2.45, 2.75) is 33.7 Å².